The lowest BCUT2D eigenvalue weighted by atomic mass is 10.1. The second-order valence-corrected chi connectivity index (χ2v) is 6.64. The molecule has 0 aliphatic carbocycles. The molecule has 8 heteroatoms. The molecule has 0 N–H and O–H groups in total. The Morgan fingerprint density at radius 2 is 1.86 bits per heavy atom. The molecule has 8 nitrogen and oxygen atoms in total. The minimum absolute atomic E-state index is 0.0373. The first kappa shape index (κ1) is 19.9. The van der Waals surface area contributed by atoms with Gasteiger partial charge in [0.05, 0.1) is 17.5 Å². The number of amides is 1. The quantitative estimate of drug-likeness (QED) is 0.474. The highest BCUT2D eigenvalue weighted by Crippen LogP contribution is 2.23. The lowest BCUT2D eigenvalue weighted by Crippen LogP contribution is -2.33. The van der Waals surface area contributed by atoms with E-state index >= 15 is 0 Å². The van der Waals surface area contributed by atoms with Gasteiger partial charge >= 0.3 is 0 Å². The average Bonchev–Trinajstić information content (AvgIpc) is 2.74. The zero-order chi connectivity index (χ0) is 21.0. The molecule has 0 saturated carbocycles. The Bertz CT molecular complexity index is 1100. The number of nitro benzene ring substituents is 1. The number of aromatic nitrogens is 2. The van der Waals surface area contributed by atoms with E-state index in [9.17, 15) is 19.7 Å². The van der Waals surface area contributed by atoms with Crippen molar-refractivity contribution in [3.8, 4) is 0 Å². The fourth-order valence-electron chi connectivity index (χ4n) is 2.91. The Morgan fingerprint density at radius 1 is 1.14 bits per heavy atom. The Kier molecular flexibility index (Phi) is 5.82. The molecule has 0 saturated heterocycles. The van der Waals surface area contributed by atoms with Gasteiger partial charge in [0.1, 0.15) is 5.69 Å². The third kappa shape index (κ3) is 4.55. The van der Waals surface area contributed by atoms with Crippen LogP contribution in [-0.2, 0) is 6.54 Å². The molecule has 1 amide bonds. The van der Waals surface area contributed by atoms with Crippen LogP contribution in [0.4, 0.5) is 5.69 Å². The molecule has 148 valence electrons. The summed E-state index contributed by atoms with van der Waals surface area (Å²) in [6.07, 6.45) is 0. The molecule has 1 heterocycles. The Labute approximate surface area is 167 Å². The third-order valence-corrected chi connectivity index (χ3v) is 4.73. The minimum atomic E-state index is -0.473. The second kappa shape index (κ2) is 8.47. The van der Waals surface area contributed by atoms with Gasteiger partial charge in [0, 0.05) is 25.2 Å². The molecule has 29 heavy (non-hydrogen) atoms. The summed E-state index contributed by atoms with van der Waals surface area (Å²) in [5, 5.41) is 15.2. The predicted molar refractivity (Wildman–Crippen MR) is 108 cm³/mol. The van der Waals surface area contributed by atoms with Gasteiger partial charge in [-0.05, 0) is 24.1 Å². The van der Waals surface area contributed by atoms with Crippen molar-refractivity contribution in [3.05, 3.63) is 104 Å². The van der Waals surface area contributed by atoms with Crippen LogP contribution < -0.4 is 5.56 Å². The molecule has 1 aromatic heterocycles. The average molecular weight is 392 g/mol. The summed E-state index contributed by atoms with van der Waals surface area (Å²) in [5.74, 6) is -0.384. The molecule has 0 aliphatic rings. The summed E-state index contributed by atoms with van der Waals surface area (Å²) in [6.45, 7) is 2.03. The van der Waals surface area contributed by atoms with Crippen LogP contribution >= 0.6 is 0 Å². The van der Waals surface area contributed by atoms with Gasteiger partial charge in [0.15, 0.2) is 0 Å². The van der Waals surface area contributed by atoms with Crippen LogP contribution in [-0.4, -0.2) is 32.6 Å². The van der Waals surface area contributed by atoms with E-state index in [0.29, 0.717) is 5.56 Å². The van der Waals surface area contributed by atoms with Crippen molar-refractivity contribution in [1.29, 1.82) is 0 Å². The molecule has 1 atom stereocenters. The number of carbonyl (C=O) groups excluding carboxylic acids is 1. The van der Waals surface area contributed by atoms with E-state index < -0.39 is 11.0 Å². The maximum absolute atomic E-state index is 12.9. The fourth-order valence-corrected chi connectivity index (χ4v) is 2.91. The Balaban J connectivity index is 1.84. The number of benzene rings is 2. The van der Waals surface area contributed by atoms with Gasteiger partial charge in [-0.1, -0.05) is 42.5 Å². The van der Waals surface area contributed by atoms with E-state index in [-0.39, 0.29) is 29.4 Å². The number of non-ortho nitro benzene ring substituents is 1. The third-order valence-electron chi connectivity index (χ3n) is 4.73. The van der Waals surface area contributed by atoms with E-state index in [1.54, 1.807) is 26.1 Å². The normalized spacial score (nSPS) is 11.7. The van der Waals surface area contributed by atoms with Crippen LogP contribution in [0.15, 0.2) is 71.5 Å². The standard InChI is InChI=1S/C21H20N4O4/c1-15(17-9-6-10-18(13-17)25(28)29)23(2)21(27)19-11-12-20(26)24(22-19)14-16-7-4-3-5-8-16/h3-13,15H,14H2,1-2H3/t15-/m1/s1. The second-order valence-electron chi connectivity index (χ2n) is 6.64. The topological polar surface area (TPSA) is 98.3 Å². The number of nitro groups is 1. The van der Waals surface area contributed by atoms with Crippen LogP contribution in [0.25, 0.3) is 0 Å². The monoisotopic (exact) mass is 392 g/mol. The summed E-state index contributed by atoms with van der Waals surface area (Å²) in [7, 11) is 1.60. The van der Waals surface area contributed by atoms with E-state index in [4.69, 9.17) is 0 Å². The molecule has 0 unspecified atom stereocenters. The number of carbonyl (C=O) groups is 1. The van der Waals surface area contributed by atoms with E-state index in [2.05, 4.69) is 5.10 Å². The molecule has 3 aromatic rings. The molecule has 2 aromatic carbocycles. The number of nitrogens with zero attached hydrogens (tertiary/aromatic N) is 4. The first-order valence-electron chi connectivity index (χ1n) is 9.00. The maximum Gasteiger partial charge on any atom is 0.274 e. The number of hydrogen-bond donors (Lipinski definition) is 0. The summed E-state index contributed by atoms with van der Waals surface area (Å²) >= 11 is 0. The van der Waals surface area contributed by atoms with Gasteiger partial charge in [-0.25, -0.2) is 4.68 Å². The van der Waals surface area contributed by atoms with E-state index in [1.165, 1.54) is 33.8 Å². The van der Waals surface area contributed by atoms with Crippen LogP contribution in [0.3, 0.4) is 0 Å². The van der Waals surface area contributed by atoms with Gasteiger partial charge in [-0.15, -0.1) is 0 Å². The summed E-state index contributed by atoms with van der Waals surface area (Å²) in [5.41, 5.74) is 1.31. The summed E-state index contributed by atoms with van der Waals surface area (Å²) < 4.78 is 1.24. The van der Waals surface area contributed by atoms with Crippen molar-refractivity contribution in [2.75, 3.05) is 7.05 Å². The molecule has 0 fully saturated rings. The zero-order valence-corrected chi connectivity index (χ0v) is 16.1. The van der Waals surface area contributed by atoms with Gasteiger partial charge in [0.2, 0.25) is 0 Å². The van der Waals surface area contributed by atoms with Crippen molar-refractivity contribution in [2.45, 2.75) is 19.5 Å². The fraction of sp³-hybridized carbons (Fsp3) is 0.190. The maximum atomic E-state index is 12.9. The zero-order valence-electron chi connectivity index (χ0n) is 16.1. The highest BCUT2D eigenvalue weighted by Gasteiger charge is 2.22. The minimum Gasteiger partial charge on any atom is -0.334 e. The summed E-state index contributed by atoms with van der Waals surface area (Å²) in [6, 6.07) is 17.8. The Morgan fingerprint density at radius 3 is 2.55 bits per heavy atom. The number of rotatable bonds is 6. The van der Waals surface area contributed by atoms with Crippen LogP contribution in [0, 0.1) is 10.1 Å². The molecule has 0 bridgehead atoms. The number of hydrogen-bond acceptors (Lipinski definition) is 5. The van der Waals surface area contributed by atoms with Gasteiger partial charge in [0.25, 0.3) is 17.2 Å². The molecular formula is C21H20N4O4. The van der Waals surface area contributed by atoms with Crippen molar-refractivity contribution in [2.24, 2.45) is 0 Å². The Hall–Kier alpha value is -3.81. The van der Waals surface area contributed by atoms with Crippen molar-refractivity contribution in [1.82, 2.24) is 14.7 Å². The molecule has 0 aliphatic heterocycles. The highest BCUT2D eigenvalue weighted by atomic mass is 16.6. The van der Waals surface area contributed by atoms with Crippen molar-refractivity contribution in [3.63, 3.8) is 0 Å². The van der Waals surface area contributed by atoms with E-state index in [1.807, 2.05) is 30.3 Å². The van der Waals surface area contributed by atoms with Gasteiger partial charge in [-0.2, -0.15) is 5.10 Å². The van der Waals surface area contributed by atoms with Crippen molar-refractivity contribution < 1.29 is 9.72 Å². The van der Waals surface area contributed by atoms with Gasteiger partial charge < -0.3 is 4.90 Å². The molecule has 3 rings (SSSR count). The first-order valence-corrected chi connectivity index (χ1v) is 9.00. The first-order chi connectivity index (χ1) is 13.9. The lowest BCUT2D eigenvalue weighted by Gasteiger charge is -2.25. The smallest absolute Gasteiger partial charge is 0.274 e. The van der Waals surface area contributed by atoms with Crippen LogP contribution in [0.5, 0.6) is 0 Å². The molecule has 0 radical (unpaired) electrons. The highest BCUT2D eigenvalue weighted by molar-refractivity contribution is 5.92. The van der Waals surface area contributed by atoms with Gasteiger partial charge in [-0.3, -0.25) is 19.7 Å². The molecular weight excluding hydrogens is 372 g/mol. The van der Waals surface area contributed by atoms with Crippen molar-refractivity contribution >= 4 is 11.6 Å². The van der Waals surface area contributed by atoms with E-state index in [0.717, 1.165) is 5.56 Å². The summed E-state index contributed by atoms with van der Waals surface area (Å²) in [4.78, 5) is 37.0. The molecule has 0 spiro atoms. The van der Waals surface area contributed by atoms with Crippen LogP contribution in [0.2, 0.25) is 0 Å². The largest absolute Gasteiger partial charge is 0.334 e. The SMILES string of the molecule is C[C@H](c1cccc([N+](=O)[O-])c1)N(C)C(=O)c1ccc(=O)n(Cc2ccccc2)n1. The van der Waals surface area contributed by atoms with Crippen LogP contribution in [0.1, 0.15) is 34.6 Å². The lowest BCUT2D eigenvalue weighted by molar-refractivity contribution is -0.384. The predicted octanol–water partition coefficient (Wildman–Crippen LogP) is 3.03.